The lowest BCUT2D eigenvalue weighted by molar-refractivity contribution is -0.870. The van der Waals surface area contributed by atoms with Gasteiger partial charge in [0.15, 0.2) is 0 Å². The highest BCUT2D eigenvalue weighted by atomic mass is 31.2. The summed E-state index contributed by atoms with van der Waals surface area (Å²) in [5.41, 5.74) is 0. The molecule has 0 aliphatic carbocycles. The lowest BCUT2D eigenvalue weighted by Crippen LogP contribution is -2.37. The van der Waals surface area contributed by atoms with Crippen LogP contribution in [0, 0.1) is 0 Å². The fourth-order valence-corrected chi connectivity index (χ4v) is 7.06. The van der Waals surface area contributed by atoms with E-state index in [2.05, 4.69) is 19.9 Å². The van der Waals surface area contributed by atoms with Gasteiger partial charge in [0.25, 0.3) is 7.82 Å². The van der Waals surface area contributed by atoms with Crippen molar-refractivity contribution in [1.82, 2.24) is 0 Å². The van der Waals surface area contributed by atoms with Gasteiger partial charge in [-0.15, -0.1) is 0 Å². The monoisotopic (exact) mass is 774 g/mol. The standard InChI is InChI=1S/C44H88NO7P/c1-6-8-10-12-14-16-18-20-22-24-26-28-30-32-34-36-39-49-41-43(42-51-53(47,48)50-40-38-45(3,4)5)52-44(46)37-35-33-31-29-27-25-23-21-19-17-15-13-11-9-7-2/h31,33,43H,6-30,32,34-42H2,1-5H3/b33-31-. The largest absolute Gasteiger partial charge is 0.756 e. The van der Waals surface area contributed by atoms with E-state index in [1.54, 1.807) is 0 Å². The lowest BCUT2D eigenvalue weighted by Gasteiger charge is -2.28. The summed E-state index contributed by atoms with van der Waals surface area (Å²) in [6, 6.07) is 0. The topological polar surface area (TPSA) is 94.1 Å². The molecule has 0 N–H and O–H groups in total. The van der Waals surface area contributed by atoms with Crippen molar-refractivity contribution in [2.75, 3.05) is 54.1 Å². The number of carbonyl (C=O) groups excluding carboxylic acids is 1. The number of unbranched alkanes of at least 4 members (excludes halogenated alkanes) is 26. The van der Waals surface area contributed by atoms with Crippen molar-refractivity contribution in [2.45, 2.75) is 213 Å². The van der Waals surface area contributed by atoms with Crippen LogP contribution in [0.15, 0.2) is 12.2 Å². The zero-order chi connectivity index (χ0) is 39.1. The summed E-state index contributed by atoms with van der Waals surface area (Å²) >= 11 is 0. The van der Waals surface area contributed by atoms with E-state index in [9.17, 15) is 14.3 Å². The zero-order valence-electron chi connectivity index (χ0n) is 35.7. The second kappa shape index (κ2) is 38.1. The Labute approximate surface area is 329 Å². The van der Waals surface area contributed by atoms with Gasteiger partial charge in [-0.25, -0.2) is 0 Å². The molecule has 0 spiro atoms. The first kappa shape index (κ1) is 52.2. The van der Waals surface area contributed by atoms with Crippen molar-refractivity contribution < 1.29 is 37.3 Å². The van der Waals surface area contributed by atoms with Gasteiger partial charge in [-0.1, -0.05) is 187 Å². The van der Waals surface area contributed by atoms with Crippen LogP contribution in [-0.2, 0) is 27.9 Å². The fourth-order valence-electron chi connectivity index (χ4n) is 6.33. The Hall–Kier alpha value is -0.760. The van der Waals surface area contributed by atoms with Crippen molar-refractivity contribution in [3.63, 3.8) is 0 Å². The molecule has 0 aliphatic heterocycles. The van der Waals surface area contributed by atoms with E-state index in [4.69, 9.17) is 18.5 Å². The average Bonchev–Trinajstić information content (AvgIpc) is 3.11. The Morgan fingerprint density at radius 2 is 0.981 bits per heavy atom. The average molecular weight is 774 g/mol. The van der Waals surface area contributed by atoms with E-state index in [1.165, 1.54) is 161 Å². The molecule has 8 nitrogen and oxygen atoms in total. The summed E-state index contributed by atoms with van der Waals surface area (Å²) in [6.07, 6.45) is 40.9. The number of hydrogen-bond donors (Lipinski definition) is 0. The Bertz CT molecular complexity index is 863. The molecule has 316 valence electrons. The molecule has 0 aromatic heterocycles. The van der Waals surface area contributed by atoms with Crippen LogP contribution >= 0.6 is 7.82 Å². The maximum Gasteiger partial charge on any atom is 0.306 e. The smallest absolute Gasteiger partial charge is 0.306 e. The molecule has 0 aromatic rings. The Balaban J connectivity index is 4.23. The number of quaternary nitrogens is 1. The van der Waals surface area contributed by atoms with Crippen molar-refractivity contribution in [3.8, 4) is 0 Å². The first-order valence-corrected chi connectivity index (χ1v) is 23.9. The van der Waals surface area contributed by atoms with E-state index in [-0.39, 0.29) is 32.2 Å². The molecule has 0 aromatic carbocycles. The molecule has 9 heteroatoms. The zero-order valence-corrected chi connectivity index (χ0v) is 36.6. The lowest BCUT2D eigenvalue weighted by atomic mass is 10.0. The van der Waals surface area contributed by atoms with Crippen LogP contribution in [0.1, 0.15) is 206 Å². The van der Waals surface area contributed by atoms with Crippen LogP contribution in [0.2, 0.25) is 0 Å². The number of rotatable bonds is 42. The van der Waals surface area contributed by atoms with Gasteiger partial charge >= 0.3 is 5.97 Å². The maximum absolute atomic E-state index is 12.6. The molecule has 2 unspecified atom stereocenters. The summed E-state index contributed by atoms with van der Waals surface area (Å²) in [5, 5.41) is 0. The van der Waals surface area contributed by atoms with Crippen LogP contribution in [0.4, 0.5) is 0 Å². The third-order valence-electron chi connectivity index (χ3n) is 9.83. The number of hydrogen-bond acceptors (Lipinski definition) is 7. The van der Waals surface area contributed by atoms with E-state index in [0.717, 1.165) is 19.3 Å². The number of phosphoric ester groups is 1. The number of phosphoric acid groups is 1. The molecule has 0 fully saturated rings. The van der Waals surface area contributed by atoms with Gasteiger partial charge in [-0.3, -0.25) is 9.36 Å². The van der Waals surface area contributed by atoms with E-state index >= 15 is 0 Å². The molecule has 0 bridgehead atoms. The van der Waals surface area contributed by atoms with Crippen LogP contribution in [0.25, 0.3) is 0 Å². The predicted octanol–water partition coefficient (Wildman–Crippen LogP) is 12.4. The summed E-state index contributed by atoms with van der Waals surface area (Å²) in [4.78, 5) is 25.0. The molecule has 0 radical (unpaired) electrons. The van der Waals surface area contributed by atoms with Crippen LogP contribution in [0.5, 0.6) is 0 Å². The molecule has 0 amide bonds. The summed E-state index contributed by atoms with van der Waals surface area (Å²) in [6.45, 7) is 5.40. The molecule has 0 saturated heterocycles. The van der Waals surface area contributed by atoms with E-state index in [1.807, 2.05) is 27.2 Å². The minimum atomic E-state index is -4.53. The highest BCUT2D eigenvalue weighted by Gasteiger charge is 2.20. The normalized spacial score (nSPS) is 13.8. The van der Waals surface area contributed by atoms with Gasteiger partial charge in [0.1, 0.15) is 19.3 Å². The fraction of sp³-hybridized carbons (Fsp3) is 0.932. The molecule has 0 rings (SSSR count). The summed E-state index contributed by atoms with van der Waals surface area (Å²) < 4.78 is 34.5. The molecule has 2 atom stereocenters. The number of nitrogens with zero attached hydrogens (tertiary/aromatic N) is 1. The highest BCUT2D eigenvalue weighted by molar-refractivity contribution is 7.45. The molecular formula is C44H88NO7P. The van der Waals surface area contributed by atoms with Crippen molar-refractivity contribution >= 4 is 13.8 Å². The molecule has 0 aliphatic rings. The number of likely N-dealkylation sites (N-methyl/N-ethyl adjacent to an activating group) is 1. The SMILES string of the molecule is CCCCCCCCCCCCC/C=C\CCC(=O)OC(COCCCCCCCCCCCCCCCCCC)COP(=O)([O-])OCC[N+](C)(C)C. The number of ether oxygens (including phenoxy) is 2. The van der Waals surface area contributed by atoms with Crippen molar-refractivity contribution in [3.05, 3.63) is 12.2 Å². The number of carbonyl (C=O) groups is 1. The minimum Gasteiger partial charge on any atom is -0.756 e. The summed E-state index contributed by atoms with van der Waals surface area (Å²) in [7, 11) is 1.35. The van der Waals surface area contributed by atoms with E-state index in [0.29, 0.717) is 24.1 Å². The molecule has 0 heterocycles. The van der Waals surface area contributed by atoms with Gasteiger partial charge in [0, 0.05) is 13.0 Å². The molecular weight excluding hydrogens is 685 g/mol. The first-order chi connectivity index (χ1) is 25.6. The van der Waals surface area contributed by atoms with Gasteiger partial charge in [0.2, 0.25) is 0 Å². The maximum atomic E-state index is 12.6. The van der Waals surface area contributed by atoms with Gasteiger partial charge in [-0.05, 0) is 25.7 Å². The quantitative estimate of drug-likeness (QED) is 0.0200. The van der Waals surface area contributed by atoms with Crippen molar-refractivity contribution in [2.24, 2.45) is 0 Å². The van der Waals surface area contributed by atoms with Gasteiger partial charge in [-0.2, -0.15) is 0 Å². The third kappa shape index (κ3) is 42.2. The highest BCUT2D eigenvalue weighted by Crippen LogP contribution is 2.38. The molecule has 53 heavy (non-hydrogen) atoms. The third-order valence-corrected chi connectivity index (χ3v) is 10.8. The van der Waals surface area contributed by atoms with Crippen LogP contribution in [0.3, 0.4) is 0 Å². The molecule has 0 saturated carbocycles. The van der Waals surface area contributed by atoms with Crippen LogP contribution in [-0.4, -0.2) is 70.7 Å². The van der Waals surface area contributed by atoms with Gasteiger partial charge < -0.3 is 27.9 Å². The number of esters is 1. The Morgan fingerprint density at radius 1 is 0.566 bits per heavy atom. The van der Waals surface area contributed by atoms with Gasteiger partial charge in [0.05, 0.1) is 34.4 Å². The van der Waals surface area contributed by atoms with Crippen molar-refractivity contribution in [1.29, 1.82) is 0 Å². The second-order valence-electron chi connectivity index (χ2n) is 16.4. The Morgan fingerprint density at radius 3 is 1.43 bits per heavy atom. The van der Waals surface area contributed by atoms with Crippen LogP contribution < -0.4 is 4.89 Å². The summed E-state index contributed by atoms with van der Waals surface area (Å²) in [5.74, 6) is -0.379. The minimum absolute atomic E-state index is 0.0238. The first-order valence-electron chi connectivity index (χ1n) is 22.4. The Kier molecular flexibility index (Phi) is 37.6. The van der Waals surface area contributed by atoms with E-state index < -0.39 is 13.9 Å². The number of allylic oxidation sites excluding steroid dienone is 2. The predicted molar refractivity (Wildman–Crippen MR) is 222 cm³/mol. The second-order valence-corrected chi connectivity index (χ2v) is 17.8.